The molecule has 0 unspecified atom stereocenters. The van der Waals surface area contributed by atoms with E-state index in [0.29, 0.717) is 29.5 Å². The highest BCUT2D eigenvalue weighted by Gasteiger charge is 2.26. The van der Waals surface area contributed by atoms with Gasteiger partial charge in [0.2, 0.25) is 11.6 Å². The monoisotopic (exact) mass is 467 g/mol. The van der Waals surface area contributed by atoms with Crippen LogP contribution >= 0.6 is 11.6 Å². The van der Waals surface area contributed by atoms with Crippen molar-refractivity contribution in [2.24, 2.45) is 5.41 Å². The van der Waals surface area contributed by atoms with Crippen molar-refractivity contribution < 1.29 is 9.18 Å². The molecule has 0 saturated heterocycles. The van der Waals surface area contributed by atoms with Gasteiger partial charge in [-0.1, -0.05) is 49.7 Å². The lowest BCUT2D eigenvalue weighted by molar-refractivity contribution is -0.123. The molecule has 0 radical (unpaired) electrons. The maximum absolute atomic E-state index is 13.6. The molecule has 2 aromatic carbocycles. The molecule has 1 N–H and O–H groups in total. The summed E-state index contributed by atoms with van der Waals surface area (Å²) in [4.78, 5) is 25.4. The standard InChI is InChI=1S/C24H23ClFN5O2/c1-24(2,14-21(32)27-15-16-6-3-4-9-19(16)25)13-20-28-29-22-23(33)30(10-11-31(20)22)18-8-5-7-17(26)12-18/h3-12H,13-15H2,1-2H3,(H,27,32). The van der Waals surface area contributed by atoms with Crippen LogP contribution in [0, 0.1) is 11.2 Å². The van der Waals surface area contributed by atoms with Gasteiger partial charge < -0.3 is 5.32 Å². The predicted molar refractivity (Wildman–Crippen MR) is 124 cm³/mol. The Hall–Kier alpha value is -3.52. The van der Waals surface area contributed by atoms with E-state index in [4.69, 9.17) is 11.6 Å². The molecule has 0 aliphatic rings. The molecule has 9 heteroatoms. The summed E-state index contributed by atoms with van der Waals surface area (Å²) in [5, 5.41) is 11.7. The van der Waals surface area contributed by atoms with Crippen molar-refractivity contribution in [3.63, 3.8) is 0 Å². The van der Waals surface area contributed by atoms with Gasteiger partial charge in [-0.05, 0) is 35.2 Å². The summed E-state index contributed by atoms with van der Waals surface area (Å²) < 4.78 is 16.5. The van der Waals surface area contributed by atoms with E-state index in [1.54, 1.807) is 28.9 Å². The quantitative estimate of drug-likeness (QED) is 0.446. The molecule has 1 amide bonds. The van der Waals surface area contributed by atoms with Crippen LogP contribution in [-0.4, -0.2) is 25.1 Å². The van der Waals surface area contributed by atoms with Crippen LogP contribution in [0.3, 0.4) is 0 Å². The molecule has 0 bridgehead atoms. The Morgan fingerprint density at radius 2 is 1.91 bits per heavy atom. The number of hydrogen-bond acceptors (Lipinski definition) is 4. The lowest BCUT2D eigenvalue weighted by Gasteiger charge is -2.23. The SMILES string of the molecule is CC(C)(CC(=O)NCc1ccccc1Cl)Cc1nnc2c(=O)n(-c3cccc(F)c3)ccn12. The van der Waals surface area contributed by atoms with Gasteiger partial charge in [-0.15, -0.1) is 10.2 Å². The van der Waals surface area contributed by atoms with Gasteiger partial charge in [0.25, 0.3) is 0 Å². The van der Waals surface area contributed by atoms with Crippen LogP contribution in [0.15, 0.2) is 65.7 Å². The van der Waals surface area contributed by atoms with Crippen molar-refractivity contribution >= 4 is 23.2 Å². The number of nitrogens with zero attached hydrogens (tertiary/aromatic N) is 4. The average molecular weight is 468 g/mol. The third-order valence-electron chi connectivity index (χ3n) is 5.34. The van der Waals surface area contributed by atoms with E-state index in [2.05, 4.69) is 15.5 Å². The number of aromatic nitrogens is 4. The van der Waals surface area contributed by atoms with Crippen LogP contribution in [-0.2, 0) is 17.8 Å². The molecule has 170 valence electrons. The second kappa shape index (κ2) is 9.15. The van der Waals surface area contributed by atoms with Crippen molar-refractivity contribution in [3.05, 3.63) is 93.5 Å². The van der Waals surface area contributed by atoms with Gasteiger partial charge in [0.1, 0.15) is 11.6 Å². The van der Waals surface area contributed by atoms with Gasteiger partial charge in [-0.3, -0.25) is 18.6 Å². The number of amides is 1. The molecule has 2 aromatic heterocycles. The van der Waals surface area contributed by atoms with Crippen molar-refractivity contribution in [1.29, 1.82) is 0 Å². The Morgan fingerprint density at radius 1 is 1.12 bits per heavy atom. The van der Waals surface area contributed by atoms with E-state index in [0.717, 1.165) is 5.56 Å². The molecule has 2 heterocycles. The van der Waals surface area contributed by atoms with E-state index >= 15 is 0 Å². The highest BCUT2D eigenvalue weighted by Crippen LogP contribution is 2.25. The molecule has 7 nitrogen and oxygen atoms in total. The van der Waals surface area contributed by atoms with Crippen molar-refractivity contribution in [2.75, 3.05) is 0 Å². The Kier molecular flexibility index (Phi) is 6.29. The Balaban J connectivity index is 1.48. The number of fused-ring (bicyclic) bond motifs is 1. The number of benzene rings is 2. The molecule has 0 aliphatic carbocycles. The van der Waals surface area contributed by atoms with Gasteiger partial charge in [0.15, 0.2) is 0 Å². The zero-order chi connectivity index (χ0) is 23.6. The van der Waals surface area contributed by atoms with Gasteiger partial charge in [0.05, 0.1) is 5.69 Å². The molecule has 0 aliphatic heterocycles. The molecule has 4 aromatic rings. The summed E-state index contributed by atoms with van der Waals surface area (Å²) in [6.45, 7) is 4.26. The number of carbonyl (C=O) groups excluding carboxylic acids is 1. The zero-order valence-corrected chi connectivity index (χ0v) is 19.0. The van der Waals surface area contributed by atoms with Crippen LogP contribution in [0.25, 0.3) is 11.3 Å². The lowest BCUT2D eigenvalue weighted by Crippen LogP contribution is -2.30. The third kappa shape index (κ3) is 5.12. The smallest absolute Gasteiger partial charge is 0.300 e. The van der Waals surface area contributed by atoms with E-state index in [9.17, 15) is 14.0 Å². The first-order valence-electron chi connectivity index (χ1n) is 10.4. The Labute approximate surface area is 194 Å². The van der Waals surface area contributed by atoms with Crippen LogP contribution in [0.5, 0.6) is 0 Å². The van der Waals surface area contributed by atoms with Crippen molar-refractivity contribution in [2.45, 2.75) is 33.2 Å². The molecule has 0 saturated carbocycles. The highest BCUT2D eigenvalue weighted by molar-refractivity contribution is 6.31. The molecule has 4 rings (SSSR count). The molecular weight excluding hydrogens is 445 g/mol. The molecule has 0 spiro atoms. The normalized spacial score (nSPS) is 11.6. The molecular formula is C24H23ClFN5O2. The fourth-order valence-electron chi connectivity index (χ4n) is 3.71. The van der Waals surface area contributed by atoms with Gasteiger partial charge in [-0.2, -0.15) is 0 Å². The number of hydrogen-bond donors (Lipinski definition) is 1. The Morgan fingerprint density at radius 3 is 2.67 bits per heavy atom. The first-order valence-corrected chi connectivity index (χ1v) is 10.8. The van der Waals surface area contributed by atoms with E-state index < -0.39 is 16.8 Å². The lowest BCUT2D eigenvalue weighted by atomic mass is 9.85. The van der Waals surface area contributed by atoms with E-state index in [1.165, 1.54) is 22.8 Å². The second-order valence-corrected chi connectivity index (χ2v) is 9.06. The first kappa shape index (κ1) is 22.7. The first-order chi connectivity index (χ1) is 15.7. The zero-order valence-electron chi connectivity index (χ0n) is 18.3. The fourth-order valence-corrected chi connectivity index (χ4v) is 3.91. The van der Waals surface area contributed by atoms with Crippen LogP contribution in [0.1, 0.15) is 31.7 Å². The largest absolute Gasteiger partial charge is 0.352 e. The third-order valence-corrected chi connectivity index (χ3v) is 5.71. The minimum Gasteiger partial charge on any atom is -0.352 e. The van der Waals surface area contributed by atoms with Gasteiger partial charge in [-0.25, -0.2) is 4.39 Å². The van der Waals surface area contributed by atoms with Gasteiger partial charge in [0, 0.05) is 36.8 Å². The summed E-state index contributed by atoms with van der Waals surface area (Å²) in [6, 6.07) is 13.1. The minimum atomic E-state index is -0.440. The number of carbonyl (C=O) groups is 1. The average Bonchev–Trinajstić information content (AvgIpc) is 3.16. The topological polar surface area (TPSA) is 81.3 Å². The number of nitrogens with one attached hydrogen (secondary N) is 1. The van der Waals surface area contributed by atoms with E-state index in [-0.39, 0.29) is 18.0 Å². The highest BCUT2D eigenvalue weighted by atomic mass is 35.5. The number of rotatable bonds is 7. The summed E-state index contributed by atoms with van der Waals surface area (Å²) in [5.74, 6) is 0.0237. The summed E-state index contributed by atoms with van der Waals surface area (Å²) >= 11 is 6.15. The molecule has 33 heavy (non-hydrogen) atoms. The summed E-state index contributed by atoms with van der Waals surface area (Å²) in [6.07, 6.45) is 3.91. The Bertz CT molecular complexity index is 1380. The van der Waals surface area contributed by atoms with Crippen LogP contribution < -0.4 is 10.9 Å². The van der Waals surface area contributed by atoms with Crippen molar-refractivity contribution in [1.82, 2.24) is 24.5 Å². The molecule has 0 atom stereocenters. The maximum Gasteiger partial charge on any atom is 0.300 e. The van der Waals surface area contributed by atoms with E-state index in [1.807, 2.05) is 32.0 Å². The minimum absolute atomic E-state index is 0.109. The summed E-state index contributed by atoms with van der Waals surface area (Å²) in [5.41, 5.74) is 0.545. The maximum atomic E-state index is 13.6. The summed E-state index contributed by atoms with van der Waals surface area (Å²) in [7, 11) is 0. The number of halogens is 2. The predicted octanol–water partition coefficient (Wildman–Crippen LogP) is 3.95. The molecule has 0 fully saturated rings. The van der Waals surface area contributed by atoms with Crippen LogP contribution in [0.4, 0.5) is 4.39 Å². The fraction of sp³-hybridized carbons (Fsp3) is 0.250. The van der Waals surface area contributed by atoms with Gasteiger partial charge >= 0.3 is 5.56 Å². The second-order valence-electron chi connectivity index (χ2n) is 8.65. The van der Waals surface area contributed by atoms with Crippen molar-refractivity contribution in [3.8, 4) is 5.69 Å². The van der Waals surface area contributed by atoms with Crippen LogP contribution in [0.2, 0.25) is 5.02 Å².